The molecular weight excluding hydrogens is 224 g/mol. The molecule has 0 radical (unpaired) electrons. The molecule has 2 aromatic heterocycles. The molecule has 0 amide bonds. The molecule has 0 N–H and O–H groups in total. The van der Waals surface area contributed by atoms with Crippen molar-refractivity contribution in [3.05, 3.63) is 27.4 Å². The first-order chi connectivity index (χ1) is 7.33. The number of hydrogen-bond acceptors (Lipinski definition) is 4. The summed E-state index contributed by atoms with van der Waals surface area (Å²) >= 11 is 3.34. The summed E-state index contributed by atoms with van der Waals surface area (Å²) < 4.78 is 0. The van der Waals surface area contributed by atoms with Gasteiger partial charge in [-0.15, -0.1) is 22.7 Å². The van der Waals surface area contributed by atoms with Crippen molar-refractivity contribution in [1.29, 1.82) is 5.26 Å². The Morgan fingerprint density at radius 3 is 3.00 bits per heavy atom. The molecule has 2 aromatic rings. The zero-order valence-electron chi connectivity index (χ0n) is 8.36. The van der Waals surface area contributed by atoms with Crippen LogP contribution in [-0.2, 0) is 12.8 Å². The smallest absolute Gasteiger partial charge is 0.107 e. The molecule has 0 fully saturated rings. The van der Waals surface area contributed by atoms with E-state index in [0.29, 0.717) is 6.42 Å². The maximum absolute atomic E-state index is 8.56. The Morgan fingerprint density at radius 1 is 1.47 bits per heavy atom. The fourth-order valence-corrected chi connectivity index (χ4v) is 2.99. The number of rotatable bonds is 3. The SMILES string of the molecule is CCc1ccc(-c2csc(CC#N)n2)s1. The van der Waals surface area contributed by atoms with Crippen LogP contribution >= 0.6 is 22.7 Å². The third kappa shape index (κ3) is 2.25. The van der Waals surface area contributed by atoms with E-state index in [2.05, 4.69) is 30.1 Å². The van der Waals surface area contributed by atoms with E-state index < -0.39 is 0 Å². The molecule has 15 heavy (non-hydrogen) atoms. The Kier molecular flexibility index (Phi) is 3.14. The van der Waals surface area contributed by atoms with E-state index in [9.17, 15) is 0 Å². The number of nitriles is 1. The van der Waals surface area contributed by atoms with Crippen LogP contribution in [0.5, 0.6) is 0 Å². The molecule has 0 atom stereocenters. The second-order valence-corrected chi connectivity index (χ2v) is 5.19. The molecule has 2 nitrogen and oxygen atoms in total. The normalized spacial score (nSPS) is 10.1. The number of thiazole rings is 1. The Hall–Kier alpha value is -1.18. The zero-order valence-corrected chi connectivity index (χ0v) is 9.99. The molecule has 0 unspecified atom stereocenters. The Labute approximate surface area is 96.8 Å². The molecule has 0 bridgehead atoms. The van der Waals surface area contributed by atoms with Crippen molar-refractivity contribution in [2.75, 3.05) is 0 Å². The second kappa shape index (κ2) is 4.56. The van der Waals surface area contributed by atoms with E-state index in [-0.39, 0.29) is 0 Å². The van der Waals surface area contributed by atoms with E-state index >= 15 is 0 Å². The first-order valence-corrected chi connectivity index (χ1v) is 6.43. The minimum absolute atomic E-state index is 0.413. The molecule has 0 saturated heterocycles. The summed E-state index contributed by atoms with van der Waals surface area (Å²) in [5, 5.41) is 11.5. The van der Waals surface area contributed by atoms with Crippen molar-refractivity contribution < 1.29 is 0 Å². The summed E-state index contributed by atoms with van der Waals surface area (Å²) in [7, 11) is 0. The van der Waals surface area contributed by atoms with Gasteiger partial charge in [-0.2, -0.15) is 5.26 Å². The summed E-state index contributed by atoms with van der Waals surface area (Å²) in [6.07, 6.45) is 1.48. The number of aryl methyl sites for hydroxylation is 1. The maximum Gasteiger partial charge on any atom is 0.107 e. The first kappa shape index (κ1) is 10.3. The van der Waals surface area contributed by atoms with E-state index in [4.69, 9.17) is 5.26 Å². The topological polar surface area (TPSA) is 36.7 Å². The summed E-state index contributed by atoms with van der Waals surface area (Å²) in [6, 6.07) is 6.36. The van der Waals surface area contributed by atoms with Crippen molar-refractivity contribution in [3.8, 4) is 16.6 Å². The highest BCUT2D eigenvalue weighted by Gasteiger charge is 2.06. The van der Waals surface area contributed by atoms with Gasteiger partial charge in [0.25, 0.3) is 0 Å². The van der Waals surface area contributed by atoms with Gasteiger partial charge in [-0.3, -0.25) is 0 Å². The lowest BCUT2D eigenvalue weighted by Gasteiger charge is -1.88. The van der Waals surface area contributed by atoms with Gasteiger partial charge in [0.1, 0.15) is 5.01 Å². The van der Waals surface area contributed by atoms with Crippen LogP contribution in [0.15, 0.2) is 17.5 Å². The lowest BCUT2D eigenvalue weighted by Crippen LogP contribution is -1.78. The average Bonchev–Trinajstić information content (AvgIpc) is 2.85. The highest BCUT2D eigenvalue weighted by Crippen LogP contribution is 2.29. The van der Waals surface area contributed by atoms with Gasteiger partial charge < -0.3 is 0 Å². The molecule has 0 saturated carbocycles. The van der Waals surface area contributed by atoms with Gasteiger partial charge in [0.2, 0.25) is 0 Å². The molecule has 2 rings (SSSR count). The third-order valence-electron chi connectivity index (χ3n) is 2.04. The molecule has 4 heteroatoms. The number of aromatic nitrogens is 1. The summed E-state index contributed by atoms with van der Waals surface area (Å²) in [5.74, 6) is 0. The Bertz CT molecular complexity index is 491. The fourth-order valence-electron chi connectivity index (χ4n) is 1.28. The van der Waals surface area contributed by atoms with Crippen molar-refractivity contribution in [3.63, 3.8) is 0 Å². The maximum atomic E-state index is 8.56. The van der Waals surface area contributed by atoms with Crippen LogP contribution in [-0.4, -0.2) is 4.98 Å². The molecule has 76 valence electrons. The predicted octanol–water partition coefficient (Wildman–Crippen LogP) is 3.50. The van der Waals surface area contributed by atoms with Gasteiger partial charge >= 0.3 is 0 Å². The second-order valence-electron chi connectivity index (χ2n) is 3.08. The molecule has 2 heterocycles. The minimum atomic E-state index is 0.413. The quantitative estimate of drug-likeness (QED) is 0.815. The van der Waals surface area contributed by atoms with Gasteiger partial charge in [0, 0.05) is 10.3 Å². The molecule has 0 spiro atoms. The van der Waals surface area contributed by atoms with Gasteiger partial charge in [0.15, 0.2) is 0 Å². The third-order valence-corrected chi connectivity index (χ3v) is 4.15. The molecular formula is C11H10N2S2. The van der Waals surface area contributed by atoms with Crippen molar-refractivity contribution in [2.45, 2.75) is 19.8 Å². The molecule has 0 aliphatic heterocycles. The van der Waals surface area contributed by atoms with E-state index in [1.807, 2.05) is 5.38 Å². The zero-order chi connectivity index (χ0) is 10.7. The Morgan fingerprint density at radius 2 is 2.33 bits per heavy atom. The van der Waals surface area contributed by atoms with Crippen LogP contribution in [0.4, 0.5) is 0 Å². The van der Waals surface area contributed by atoms with Crippen LogP contribution in [0.3, 0.4) is 0 Å². The fraction of sp³-hybridized carbons (Fsp3) is 0.273. The summed E-state index contributed by atoms with van der Waals surface area (Å²) in [5.41, 5.74) is 1.01. The number of thiophene rings is 1. The number of hydrogen-bond donors (Lipinski definition) is 0. The van der Waals surface area contributed by atoms with Crippen LogP contribution in [0.1, 0.15) is 16.8 Å². The lowest BCUT2D eigenvalue weighted by atomic mass is 10.3. The summed E-state index contributed by atoms with van der Waals surface area (Å²) in [4.78, 5) is 7.00. The van der Waals surface area contributed by atoms with Crippen LogP contribution < -0.4 is 0 Å². The lowest BCUT2D eigenvalue weighted by molar-refractivity contribution is 1.19. The standard InChI is InChI=1S/C11H10N2S2/c1-2-8-3-4-10(15-8)9-7-14-11(13-9)5-6-12/h3-4,7H,2,5H2,1H3. The van der Waals surface area contributed by atoms with Gasteiger partial charge in [-0.25, -0.2) is 4.98 Å². The number of nitrogens with zero attached hydrogens (tertiary/aromatic N) is 2. The molecule has 0 aromatic carbocycles. The van der Waals surface area contributed by atoms with Crippen molar-refractivity contribution in [1.82, 2.24) is 4.98 Å². The van der Waals surface area contributed by atoms with Crippen molar-refractivity contribution in [2.24, 2.45) is 0 Å². The average molecular weight is 234 g/mol. The predicted molar refractivity (Wildman–Crippen MR) is 64.1 cm³/mol. The highest BCUT2D eigenvalue weighted by atomic mass is 32.1. The van der Waals surface area contributed by atoms with Gasteiger partial charge in [-0.05, 0) is 18.6 Å². The monoisotopic (exact) mass is 234 g/mol. The van der Waals surface area contributed by atoms with Crippen LogP contribution in [0, 0.1) is 11.3 Å². The van der Waals surface area contributed by atoms with E-state index in [0.717, 1.165) is 17.1 Å². The molecule has 0 aliphatic rings. The van der Waals surface area contributed by atoms with Crippen LogP contribution in [0.25, 0.3) is 10.6 Å². The van der Waals surface area contributed by atoms with Crippen LogP contribution in [0.2, 0.25) is 0 Å². The van der Waals surface area contributed by atoms with Gasteiger partial charge in [0.05, 0.1) is 23.1 Å². The Balaban J connectivity index is 2.25. The summed E-state index contributed by atoms with van der Waals surface area (Å²) in [6.45, 7) is 2.15. The van der Waals surface area contributed by atoms with Crippen molar-refractivity contribution >= 4 is 22.7 Å². The minimum Gasteiger partial charge on any atom is -0.239 e. The van der Waals surface area contributed by atoms with E-state index in [1.54, 1.807) is 22.7 Å². The molecule has 0 aliphatic carbocycles. The first-order valence-electron chi connectivity index (χ1n) is 4.74. The van der Waals surface area contributed by atoms with Gasteiger partial charge in [-0.1, -0.05) is 6.92 Å². The van der Waals surface area contributed by atoms with E-state index in [1.165, 1.54) is 9.75 Å². The largest absolute Gasteiger partial charge is 0.239 e. The highest BCUT2D eigenvalue weighted by molar-refractivity contribution is 7.16.